The van der Waals surface area contributed by atoms with Gasteiger partial charge in [0.05, 0.1) is 10.8 Å². The fourth-order valence-corrected chi connectivity index (χ4v) is 4.24. The second-order valence-corrected chi connectivity index (χ2v) is 7.57. The molecule has 1 saturated heterocycles. The summed E-state index contributed by atoms with van der Waals surface area (Å²) in [7, 11) is -3.73. The molecule has 1 unspecified atom stereocenters. The van der Waals surface area contributed by atoms with Crippen LogP contribution in [0.5, 0.6) is 0 Å². The van der Waals surface area contributed by atoms with Crippen LogP contribution >= 0.6 is 11.6 Å². The van der Waals surface area contributed by atoms with Crippen LogP contribution in [-0.2, 0) is 14.8 Å². The van der Waals surface area contributed by atoms with Gasteiger partial charge in [0.25, 0.3) is 0 Å². The number of nitrogen functional groups attached to an aromatic ring is 1. The summed E-state index contributed by atoms with van der Waals surface area (Å²) in [6, 6.07) is 2.78. The number of primary amides is 1. The number of sulfonamides is 1. The lowest BCUT2D eigenvalue weighted by molar-refractivity contribution is -0.122. The van der Waals surface area contributed by atoms with Crippen molar-refractivity contribution in [1.82, 2.24) is 4.31 Å². The minimum atomic E-state index is -3.73. The molecule has 1 heterocycles. The maximum Gasteiger partial charge on any atom is 0.243 e. The molecule has 0 saturated carbocycles. The summed E-state index contributed by atoms with van der Waals surface area (Å²) in [5.41, 5.74) is 12.0. The van der Waals surface area contributed by atoms with Gasteiger partial charge in [0.15, 0.2) is 0 Å². The first-order valence-electron chi connectivity index (χ1n) is 6.58. The van der Waals surface area contributed by atoms with Gasteiger partial charge in [0, 0.05) is 23.8 Å². The quantitative estimate of drug-likeness (QED) is 0.809. The molecule has 1 fully saturated rings. The van der Waals surface area contributed by atoms with E-state index < -0.39 is 21.8 Å². The summed E-state index contributed by atoms with van der Waals surface area (Å²) in [5, 5.41) is 0.303. The Hall–Kier alpha value is -1.31. The van der Waals surface area contributed by atoms with E-state index in [1.54, 1.807) is 6.92 Å². The minimum absolute atomic E-state index is 0.0423. The molecule has 0 radical (unpaired) electrons. The zero-order valence-electron chi connectivity index (χ0n) is 11.7. The lowest BCUT2D eigenvalue weighted by Gasteiger charge is -2.30. The third kappa shape index (κ3) is 3.14. The molecule has 4 N–H and O–H groups in total. The van der Waals surface area contributed by atoms with E-state index >= 15 is 0 Å². The van der Waals surface area contributed by atoms with Crippen LogP contribution in [-0.4, -0.2) is 31.7 Å². The molecule has 1 aromatic carbocycles. The lowest BCUT2D eigenvalue weighted by atomic mass is 9.99. The number of carbonyl (C=O) groups excluding carboxylic acids is 1. The molecular formula is C13H18ClN3O3S. The van der Waals surface area contributed by atoms with Gasteiger partial charge in [-0.05, 0) is 37.5 Å². The van der Waals surface area contributed by atoms with Gasteiger partial charge in [-0.25, -0.2) is 8.42 Å². The van der Waals surface area contributed by atoms with Gasteiger partial charge in [-0.3, -0.25) is 4.79 Å². The van der Waals surface area contributed by atoms with E-state index in [-0.39, 0.29) is 11.4 Å². The molecule has 1 aliphatic heterocycles. The average molecular weight is 332 g/mol. The van der Waals surface area contributed by atoms with Crippen molar-refractivity contribution in [2.75, 3.05) is 18.8 Å². The van der Waals surface area contributed by atoms with Crippen molar-refractivity contribution in [3.05, 3.63) is 22.7 Å². The molecule has 0 spiro atoms. The molecule has 1 atom stereocenters. The Balaban J connectivity index is 2.36. The molecule has 1 amide bonds. The summed E-state index contributed by atoms with van der Waals surface area (Å²) < 4.78 is 26.5. The first-order chi connectivity index (χ1) is 9.73. The van der Waals surface area contributed by atoms with Crippen LogP contribution in [0.2, 0.25) is 5.02 Å². The van der Waals surface area contributed by atoms with Crippen LogP contribution in [0.3, 0.4) is 0 Å². The smallest absolute Gasteiger partial charge is 0.243 e. The van der Waals surface area contributed by atoms with Gasteiger partial charge in [0.2, 0.25) is 15.9 Å². The highest BCUT2D eigenvalue weighted by Crippen LogP contribution is 2.29. The highest BCUT2D eigenvalue weighted by molar-refractivity contribution is 7.89. The largest absolute Gasteiger partial charge is 0.398 e. The standard InChI is InChI=1S/C13H18ClN3O3S/c1-8-11(14)5-10(6-12(8)15)21(19,20)17-4-2-3-9(7-17)13(16)18/h5-6,9H,2-4,7,15H2,1H3,(H2,16,18). The number of anilines is 1. The first kappa shape index (κ1) is 16.1. The van der Waals surface area contributed by atoms with Crippen molar-refractivity contribution in [3.8, 4) is 0 Å². The molecule has 2 rings (SSSR count). The Labute approximate surface area is 129 Å². The Bertz CT molecular complexity index is 652. The van der Waals surface area contributed by atoms with E-state index in [0.717, 1.165) is 0 Å². The Kier molecular flexibility index (Phi) is 4.46. The summed E-state index contributed by atoms with van der Waals surface area (Å²) in [4.78, 5) is 11.3. The van der Waals surface area contributed by atoms with Crippen molar-refractivity contribution in [2.45, 2.75) is 24.7 Å². The fraction of sp³-hybridized carbons (Fsp3) is 0.462. The highest BCUT2D eigenvalue weighted by atomic mass is 35.5. The Morgan fingerprint density at radius 3 is 2.67 bits per heavy atom. The average Bonchev–Trinajstić information content (AvgIpc) is 2.44. The van der Waals surface area contributed by atoms with Gasteiger partial charge in [-0.2, -0.15) is 4.31 Å². The van der Waals surface area contributed by atoms with E-state index in [4.69, 9.17) is 23.1 Å². The lowest BCUT2D eigenvalue weighted by Crippen LogP contribution is -2.44. The van der Waals surface area contributed by atoms with Crippen LogP contribution < -0.4 is 11.5 Å². The van der Waals surface area contributed by atoms with E-state index in [1.807, 2.05) is 0 Å². The van der Waals surface area contributed by atoms with Crippen LogP contribution in [0.25, 0.3) is 0 Å². The summed E-state index contributed by atoms with van der Waals surface area (Å²) in [6.45, 7) is 2.18. The number of hydrogen-bond acceptors (Lipinski definition) is 4. The van der Waals surface area contributed by atoms with Crippen LogP contribution in [0.1, 0.15) is 18.4 Å². The van der Waals surface area contributed by atoms with E-state index in [9.17, 15) is 13.2 Å². The fourth-order valence-electron chi connectivity index (χ4n) is 2.37. The molecule has 8 heteroatoms. The molecule has 0 bridgehead atoms. The molecular weight excluding hydrogens is 314 g/mol. The normalized spacial score (nSPS) is 20.4. The van der Waals surface area contributed by atoms with E-state index in [0.29, 0.717) is 35.7 Å². The van der Waals surface area contributed by atoms with Crippen molar-refractivity contribution in [2.24, 2.45) is 11.7 Å². The predicted octanol–water partition coefficient (Wildman–Crippen LogP) is 1.12. The molecule has 1 aromatic rings. The van der Waals surface area contributed by atoms with Crippen molar-refractivity contribution >= 4 is 33.2 Å². The number of benzene rings is 1. The molecule has 0 aromatic heterocycles. The number of hydrogen-bond donors (Lipinski definition) is 2. The van der Waals surface area contributed by atoms with Gasteiger partial charge in [-0.15, -0.1) is 0 Å². The zero-order chi connectivity index (χ0) is 15.8. The number of piperidine rings is 1. The molecule has 0 aliphatic carbocycles. The number of carbonyl (C=O) groups is 1. The van der Waals surface area contributed by atoms with Crippen LogP contribution in [0, 0.1) is 12.8 Å². The second-order valence-electron chi connectivity index (χ2n) is 5.22. The van der Waals surface area contributed by atoms with Crippen molar-refractivity contribution in [3.63, 3.8) is 0 Å². The molecule has 6 nitrogen and oxygen atoms in total. The topological polar surface area (TPSA) is 106 Å². The van der Waals surface area contributed by atoms with Gasteiger partial charge in [0.1, 0.15) is 0 Å². The monoisotopic (exact) mass is 331 g/mol. The van der Waals surface area contributed by atoms with E-state index in [1.165, 1.54) is 16.4 Å². The van der Waals surface area contributed by atoms with Crippen LogP contribution in [0.4, 0.5) is 5.69 Å². The van der Waals surface area contributed by atoms with Crippen molar-refractivity contribution in [1.29, 1.82) is 0 Å². The second kappa shape index (κ2) is 5.82. The minimum Gasteiger partial charge on any atom is -0.398 e. The maximum absolute atomic E-state index is 12.6. The Morgan fingerprint density at radius 1 is 1.43 bits per heavy atom. The van der Waals surface area contributed by atoms with Crippen molar-refractivity contribution < 1.29 is 13.2 Å². The number of nitrogens with zero attached hydrogens (tertiary/aromatic N) is 1. The predicted molar refractivity (Wildman–Crippen MR) is 81.3 cm³/mol. The number of rotatable bonds is 3. The maximum atomic E-state index is 12.6. The molecule has 116 valence electrons. The molecule has 1 aliphatic rings. The Morgan fingerprint density at radius 2 is 2.10 bits per heavy atom. The summed E-state index contributed by atoms with van der Waals surface area (Å²) in [5.74, 6) is -0.928. The summed E-state index contributed by atoms with van der Waals surface area (Å²) >= 11 is 6.01. The van der Waals surface area contributed by atoms with E-state index in [2.05, 4.69) is 0 Å². The third-order valence-electron chi connectivity index (χ3n) is 3.78. The zero-order valence-corrected chi connectivity index (χ0v) is 13.2. The molecule has 21 heavy (non-hydrogen) atoms. The SMILES string of the molecule is Cc1c(N)cc(S(=O)(=O)N2CCCC(C(N)=O)C2)cc1Cl. The van der Waals surface area contributed by atoms with Gasteiger partial charge >= 0.3 is 0 Å². The first-order valence-corrected chi connectivity index (χ1v) is 8.40. The third-order valence-corrected chi connectivity index (χ3v) is 6.02. The van der Waals surface area contributed by atoms with Gasteiger partial charge in [-0.1, -0.05) is 11.6 Å². The number of amides is 1. The summed E-state index contributed by atoms with van der Waals surface area (Å²) in [6.07, 6.45) is 1.21. The highest BCUT2D eigenvalue weighted by Gasteiger charge is 2.32. The number of nitrogens with two attached hydrogens (primary N) is 2. The van der Waals surface area contributed by atoms with Gasteiger partial charge < -0.3 is 11.5 Å². The number of halogens is 1. The van der Waals surface area contributed by atoms with Crippen LogP contribution in [0.15, 0.2) is 17.0 Å².